The first-order chi connectivity index (χ1) is 8.40. The minimum atomic E-state index is 0.165. The van der Waals surface area contributed by atoms with Gasteiger partial charge < -0.3 is 14.6 Å². The largest absolute Gasteiger partial charge is 0.395 e. The van der Waals surface area contributed by atoms with Gasteiger partial charge in [0, 0.05) is 37.7 Å². The summed E-state index contributed by atoms with van der Waals surface area (Å²) >= 11 is 0. The molecule has 2 rings (SSSR count). The summed E-state index contributed by atoms with van der Waals surface area (Å²) in [6, 6.07) is 10.1. The molecule has 0 fully saturated rings. The molecule has 4 heteroatoms. The lowest BCUT2D eigenvalue weighted by atomic mass is 10.3. The van der Waals surface area contributed by atoms with E-state index in [0.29, 0.717) is 6.54 Å². The quantitative estimate of drug-likeness (QED) is 0.816. The lowest BCUT2D eigenvalue weighted by Gasteiger charge is -2.24. The number of aliphatic hydroxyl groups is 1. The maximum absolute atomic E-state index is 9.09. The first kappa shape index (κ1) is 11.7. The number of nitrogens with zero attached hydrogens (tertiary/aromatic N) is 3. The fourth-order valence-electron chi connectivity index (χ4n) is 1.78. The maximum atomic E-state index is 9.09. The molecular formula is C13H17N3O. The Morgan fingerprint density at radius 2 is 2.00 bits per heavy atom. The average molecular weight is 231 g/mol. The second-order valence-electron chi connectivity index (χ2n) is 3.85. The third kappa shape index (κ3) is 3.32. The van der Waals surface area contributed by atoms with Crippen LogP contribution in [0.2, 0.25) is 0 Å². The van der Waals surface area contributed by atoms with E-state index in [2.05, 4.69) is 22.0 Å². The number of para-hydroxylation sites is 1. The Kier molecular flexibility index (Phi) is 4.16. The fourth-order valence-corrected chi connectivity index (χ4v) is 1.78. The Morgan fingerprint density at radius 1 is 1.18 bits per heavy atom. The van der Waals surface area contributed by atoms with Gasteiger partial charge in [-0.1, -0.05) is 18.2 Å². The molecule has 0 radical (unpaired) electrons. The summed E-state index contributed by atoms with van der Waals surface area (Å²) in [6.45, 7) is 2.55. The molecule has 17 heavy (non-hydrogen) atoms. The van der Waals surface area contributed by atoms with E-state index >= 15 is 0 Å². The number of benzene rings is 1. The molecule has 0 saturated heterocycles. The summed E-state index contributed by atoms with van der Waals surface area (Å²) in [5.41, 5.74) is 1.14. The number of hydrogen-bond acceptors (Lipinski definition) is 3. The van der Waals surface area contributed by atoms with Crippen LogP contribution in [0.1, 0.15) is 0 Å². The molecule has 0 unspecified atom stereocenters. The summed E-state index contributed by atoms with van der Waals surface area (Å²) < 4.78 is 2.04. The van der Waals surface area contributed by atoms with Crippen LogP contribution >= 0.6 is 0 Å². The molecule has 2 aromatic rings. The van der Waals surface area contributed by atoms with Crippen LogP contribution < -0.4 is 4.90 Å². The predicted octanol–water partition coefficient (Wildman–Crippen LogP) is 1.38. The normalized spacial score (nSPS) is 10.4. The second kappa shape index (κ2) is 6.06. The summed E-state index contributed by atoms with van der Waals surface area (Å²) in [4.78, 5) is 6.18. The molecular weight excluding hydrogens is 214 g/mol. The van der Waals surface area contributed by atoms with Gasteiger partial charge in [-0.15, -0.1) is 0 Å². The fraction of sp³-hybridized carbons (Fsp3) is 0.308. The van der Waals surface area contributed by atoms with Gasteiger partial charge in [0.05, 0.1) is 12.9 Å². The summed E-state index contributed by atoms with van der Waals surface area (Å²) in [5.74, 6) is 0. The van der Waals surface area contributed by atoms with Crippen molar-refractivity contribution in [3.63, 3.8) is 0 Å². The van der Waals surface area contributed by atoms with Crippen molar-refractivity contribution in [2.45, 2.75) is 6.54 Å². The zero-order valence-corrected chi connectivity index (χ0v) is 9.74. The van der Waals surface area contributed by atoms with Crippen molar-refractivity contribution >= 4 is 5.69 Å². The lowest BCUT2D eigenvalue weighted by molar-refractivity contribution is 0.301. The molecule has 0 saturated carbocycles. The molecule has 0 atom stereocenters. The number of aliphatic hydroxyl groups excluding tert-OH is 1. The molecule has 0 spiro atoms. The second-order valence-corrected chi connectivity index (χ2v) is 3.85. The molecule has 1 N–H and O–H groups in total. The Labute approximate surface area is 101 Å². The van der Waals surface area contributed by atoms with Gasteiger partial charge in [0.2, 0.25) is 0 Å². The van der Waals surface area contributed by atoms with Gasteiger partial charge in [-0.05, 0) is 12.1 Å². The highest BCUT2D eigenvalue weighted by Gasteiger charge is 2.04. The monoisotopic (exact) mass is 231 g/mol. The molecule has 0 bridgehead atoms. The number of hydrogen-bond donors (Lipinski definition) is 1. The molecule has 90 valence electrons. The summed E-state index contributed by atoms with van der Waals surface area (Å²) in [5, 5.41) is 9.09. The highest BCUT2D eigenvalue weighted by Crippen LogP contribution is 2.12. The lowest BCUT2D eigenvalue weighted by Crippen LogP contribution is -2.30. The summed E-state index contributed by atoms with van der Waals surface area (Å²) in [6.07, 6.45) is 5.53. The molecule has 0 amide bonds. The van der Waals surface area contributed by atoms with Crippen molar-refractivity contribution in [3.8, 4) is 0 Å². The van der Waals surface area contributed by atoms with Crippen molar-refractivity contribution in [2.24, 2.45) is 0 Å². The van der Waals surface area contributed by atoms with E-state index in [1.165, 1.54) is 0 Å². The van der Waals surface area contributed by atoms with E-state index in [9.17, 15) is 0 Å². The third-order valence-electron chi connectivity index (χ3n) is 2.68. The van der Waals surface area contributed by atoms with Crippen LogP contribution in [0.25, 0.3) is 0 Å². The van der Waals surface area contributed by atoms with Crippen LogP contribution in [0.15, 0.2) is 49.1 Å². The van der Waals surface area contributed by atoms with Crippen LogP contribution in [0, 0.1) is 0 Å². The van der Waals surface area contributed by atoms with E-state index in [4.69, 9.17) is 5.11 Å². The molecule has 0 aliphatic carbocycles. The third-order valence-corrected chi connectivity index (χ3v) is 2.68. The Hall–Kier alpha value is -1.81. The summed E-state index contributed by atoms with van der Waals surface area (Å²) in [7, 11) is 0. The first-order valence-corrected chi connectivity index (χ1v) is 5.77. The smallest absolute Gasteiger partial charge is 0.0946 e. The van der Waals surface area contributed by atoms with Crippen LogP contribution in [-0.4, -0.2) is 34.4 Å². The Bertz CT molecular complexity index is 413. The van der Waals surface area contributed by atoms with Crippen LogP contribution in [-0.2, 0) is 6.54 Å². The highest BCUT2D eigenvalue weighted by atomic mass is 16.3. The molecule has 1 aromatic carbocycles. The van der Waals surface area contributed by atoms with Crippen LogP contribution in [0.3, 0.4) is 0 Å². The van der Waals surface area contributed by atoms with Crippen molar-refractivity contribution < 1.29 is 5.11 Å². The van der Waals surface area contributed by atoms with Crippen LogP contribution in [0.4, 0.5) is 5.69 Å². The molecule has 1 heterocycles. The molecule has 1 aromatic heterocycles. The van der Waals surface area contributed by atoms with E-state index in [-0.39, 0.29) is 6.61 Å². The SMILES string of the molecule is OCCN(CCn1ccnc1)c1ccccc1. The highest BCUT2D eigenvalue weighted by molar-refractivity contribution is 5.45. The van der Waals surface area contributed by atoms with Gasteiger partial charge in [-0.2, -0.15) is 0 Å². The molecule has 4 nitrogen and oxygen atoms in total. The van der Waals surface area contributed by atoms with Gasteiger partial charge in [0.15, 0.2) is 0 Å². The first-order valence-electron chi connectivity index (χ1n) is 5.77. The van der Waals surface area contributed by atoms with Gasteiger partial charge in [-0.3, -0.25) is 0 Å². The van der Waals surface area contributed by atoms with Crippen molar-refractivity contribution in [2.75, 3.05) is 24.6 Å². The minimum Gasteiger partial charge on any atom is -0.395 e. The average Bonchev–Trinajstić information content (AvgIpc) is 2.88. The maximum Gasteiger partial charge on any atom is 0.0946 e. The van der Waals surface area contributed by atoms with E-state index in [0.717, 1.165) is 18.8 Å². The van der Waals surface area contributed by atoms with Gasteiger partial charge in [-0.25, -0.2) is 4.98 Å². The van der Waals surface area contributed by atoms with Crippen molar-refractivity contribution in [3.05, 3.63) is 49.1 Å². The van der Waals surface area contributed by atoms with Gasteiger partial charge in [0.25, 0.3) is 0 Å². The predicted molar refractivity (Wildman–Crippen MR) is 68.0 cm³/mol. The standard InChI is InChI=1S/C13H17N3O/c17-11-10-16(13-4-2-1-3-5-13)9-8-15-7-6-14-12-15/h1-7,12,17H,8-11H2. The van der Waals surface area contributed by atoms with Crippen LogP contribution in [0.5, 0.6) is 0 Å². The minimum absolute atomic E-state index is 0.165. The van der Waals surface area contributed by atoms with E-state index in [1.807, 2.05) is 35.3 Å². The van der Waals surface area contributed by atoms with Gasteiger partial charge in [0.1, 0.15) is 0 Å². The number of imidazole rings is 1. The van der Waals surface area contributed by atoms with E-state index in [1.54, 1.807) is 6.20 Å². The molecule has 0 aliphatic rings. The Balaban J connectivity index is 1.98. The number of anilines is 1. The van der Waals surface area contributed by atoms with E-state index < -0.39 is 0 Å². The van der Waals surface area contributed by atoms with Crippen molar-refractivity contribution in [1.29, 1.82) is 0 Å². The Morgan fingerprint density at radius 3 is 2.65 bits per heavy atom. The van der Waals surface area contributed by atoms with Crippen molar-refractivity contribution in [1.82, 2.24) is 9.55 Å². The topological polar surface area (TPSA) is 41.3 Å². The zero-order valence-electron chi connectivity index (χ0n) is 9.74. The molecule has 0 aliphatic heterocycles. The zero-order chi connectivity index (χ0) is 11.9. The number of rotatable bonds is 6. The number of aromatic nitrogens is 2. The van der Waals surface area contributed by atoms with Gasteiger partial charge >= 0.3 is 0 Å².